The van der Waals surface area contributed by atoms with Gasteiger partial charge in [0.1, 0.15) is 13.2 Å². The van der Waals surface area contributed by atoms with Gasteiger partial charge in [-0.1, -0.05) is 314 Å². The fraction of sp³-hybridized carbons (Fsp3) is 0.773. The first-order valence-electron chi connectivity index (χ1n) is 42.0. The molecule has 0 aromatic carbocycles. The Labute approximate surface area is 631 Å². The zero-order chi connectivity index (χ0) is 76.7. The van der Waals surface area contributed by atoms with Gasteiger partial charge in [0.05, 0.1) is 37.2 Å². The van der Waals surface area contributed by atoms with Crippen LogP contribution in [-0.2, 0) is 57.3 Å². The van der Waals surface area contributed by atoms with Gasteiger partial charge < -0.3 is 39.4 Å². The largest absolute Gasteiger partial charge is 0.481 e. The number of aliphatic carboxylic acids is 4. The maximum atomic E-state index is 13.8. The summed E-state index contributed by atoms with van der Waals surface area (Å²) in [5.74, 6) is -8.07. The molecule has 0 rings (SSSR count). The molecule has 0 aromatic rings. The molecule has 0 saturated carbocycles. The van der Waals surface area contributed by atoms with Crippen molar-refractivity contribution in [2.24, 2.45) is 41.4 Å². The molecular weight excluding hydrogens is 1310 g/mol. The molecule has 8 atom stereocenters. The number of esters is 4. The van der Waals surface area contributed by atoms with Crippen molar-refractivity contribution >= 4 is 47.8 Å². The number of carboxylic acids is 4. The van der Waals surface area contributed by atoms with Gasteiger partial charge in [0.25, 0.3) is 0 Å². The minimum absolute atomic E-state index is 0.0661. The first-order valence-corrected chi connectivity index (χ1v) is 42.0. The highest BCUT2D eigenvalue weighted by Gasteiger charge is 2.30. The molecule has 0 aliphatic heterocycles. The summed E-state index contributed by atoms with van der Waals surface area (Å²) in [6.45, 7) is 12.8. The second-order valence-corrected chi connectivity index (χ2v) is 29.4. The molecule has 0 aliphatic rings. The zero-order valence-corrected chi connectivity index (χ0v) is 66.4. The van der Waals surface area contributed by atoms with E-state index in [1.165, 1.54) is 122 Å². The van der Waals surface area contributed by atoms with Crippen LogP contribution in [0.5, 0.6) is 0 Å². The van der Waals surface area contributed by atoms with Gasteiger partial charge >= 0.3 is 47.8 Å². The van der Waals surface area contributed by atoms with E-state index in [0.29, 0.717) is 44.6 Å². The summed E-state index contributed by atoms with van der Waals surface area (Å²) in [4.78, 5) is 99.1. The summed E-state index contributed by atoms with van der Waals surface area (Å²) in [6.07, 6.45) is 70.3. The first kappa shape index (κ1) is 98.2. The lowest BCUT2D eigenvalue weighted by atomic mass is 9.85. The van der Waals surface area contributed by atoms with Crippen molar-refractivity contribution in [1.82, 2.24) is 0 Å². The fourth-order valence-electron chi connectivity index (χ4n) is 13.3. The number of carbonyl (C=O) groups is 8. The number of carbonyl (C=O) groups excluding carboxylic acids is 4. The van der Waals surface area contributed by atoms with Crippen LogP contribution in [0.3, 0.4) is 0 Å². The van der Waals surface area contributed by atoms with Crippen molar-refractivity contribution in [3.05, 3.63) is 72.9 Å². The van der Waals surface area contributed by atoms with Crippen molar-refractivity contribution in [3.63, 3.8) is 0 Å². The van der Waals surface area contributed by atoms with E-state index in [9.17, 15) is 53.7 Å². The maximum Gasteiger partial charge on any atom is 0.309 e. The van der Waals surface area contributed by atoms with Crippen LogP contribution < -0.4 is 0 Å². The highest BCUT2D eigenvalue weighted by atomic mass is 16.6. The van der Waals surface area contributed by atoms with E-state index in [2.05, 4.69) is 58.9 Å². The van der Waals surface area contributed by atoms with E-state index < -0.39 is 72.6 Å². The molecule has 16 heteroatoms. The van der Waals surface area contributed by atoms with Crippen molar-refractivity contribution in [2.75, 3.05) is 19.8 Å². The average Bonchev–Trinajstić information content (AvgIpc) is 0.915. The molecule has 0 amide bonds. The minimum atomic E-state index is -1.13. The van der Waals surface area contributed by atoms with Crippen molar-refractivity contribution in [1.29, 1.82) is 0 Å². The van der Waals surface area contributed by atoms with Crippen LogP contribution in [0.25, 0.3) is 0 Å². The normalized spacial score (nSPS) is 14.3. The molecule has 0 bridgehead atoms. The molecule has 0 aromatic heterocycles. The molecule has 0 spiro atoms. The van der Waals surface area contributed by atoms with Crippen LogP contribution in [0.4, 0.5) is 0 Å². The van der Waals surface area contributed by atoms with Crippen molar-refractivity contribution in [2.45, 2.75) is 375 Å². The van der Waals surface area contributed by atoms with Crippen LogP contribution in [0.1, 0.15) is 369 Å². The Morgan fingerprint density at radius 2 is 0.712 bits per heavy atom. The smallest absolute Gasteiger partial charge is 0.309 e. The quantitative estimate of drug-likeness (QED) is 0.0145. The van der Waals surface area contributed by atoms with Gasteiger partial charge in [-0.25, -0.2) is 0 Å². The van der Waals surface area contributed by atoms with Crippen LogP contribution in [-0.4, -0.2) is 94.1 Å². The Bertz CT molecular complexity index is 2350. The standard InChI is InChI=1S/C88H150O16/c1-7-12-16-19-22-32-40-50-59-74(58-49-39-20-17-13-8-2)70-103-88(100)73(6)76(61-52-41-21-18-14-9-3)62-53-43-37-38-47-57-67-85(95)104-78(71-101-83(93)65-55-45-35-30-26-24-23-25-28-33-42-51-60-75(11-5)79(86(96)97)68-81(89)90)72-102-84(94)66-56-46-36-31-27-29-34-44-54-64-77(63-48-15-10-4)80(87(98)99)69-82(91)92/h23,25,33-34,42,44,51,53-54,60,62,64,73-80H,7-22,24,26-32,35-41,43,45-50,52,55-59,61,63,65-72H2,1-6H3,(H,89,90)(H,91,92)(H,96,97)(H,98,99)/b25-23-,42-33-,44-34-,60-51+,62-53+,64-54+. The van der Waals surface area contributed by atoms with Gasteiger partial charge in [-0.05, 0) is 120 Å². The lowest BCUT2D eigenvalue weighted by Crippen LogP contribution is -2.30. The van der Waals surface area contributed by atoms with Gasteiger partial charge in [0.2, 0.25) is 0 Å². The Hall–Kier alpha value is -5.80. The molecule has 0 heterocycles. The van der Waals surface area contributed by atoms with Crippen LogP contribution in [0.15, 0.2) is 72.9 Å². The second kappa shape index (κ2) is 71.5. The molecule has 8 unspecified atom stereocenters. The van der Waals surface area contributed by atoms with Crippen molar-refractivity contribution < 1.29 is 77.7 Å². The first-order chi connectivity index (χ1) is 50.4. The third-order valence-electron chi connectivity index (χ3n) is 20.1. The number of hydrogen-bond donors (Lipinski definition) is 4. The summed E-state index contributed by atoms with van der Waals surface area (Å²) >= 11 is 0. The van der Waals surface area contributed by atoms with E-state index in [1.807, 2.05) is 43.4 Å². The Kier molecular flexibility index (Phi) is 67.5. The molecule has 104 heavy (non-hydrogen) atoms. The highest BCUT2D eigenvalue weighted by molar-refractivity contribution is 5.79. The number of hydrogen-bond acceptors (Lipinski definition) is 12. The fourth-order valence-corrected chi connectivity index (χ4v) is 13.3. The topological polar surface area (TPSA) is 254 Å². The third-order valence-corrected chi connectivity index (χ3v) is 20.1. The van der Waals surface area contributed by atoms with Gasteiger partial charge in [0, 0.05) is 19.3 Å². The minimum Gasteiger partial charge on any atom is -0.481 e. The predicted molar refractivity (Wildman–Crippen MR) is 422 cm³/mol. The van der Waals surface area contributed by atoms with Gasteiger partial charge in [-0.15, -0.1) is 0 Å². The van der Waals surface area contributed by atoms with E-state index in [0.717, 1.165) is 141 Å². The second-order valence-electron chi connectivity index (χ2n) is 29.4. The van der Waals surface area contributed by atoms with Crippen molar-refractivity contribution in [3.8, 4) is 0 Å². The lowest BCUT2D eigenvalue weighted by molar-refractivity contribution is -0.167. The Balaban J connectivity index is 5.51. The highest BCUT2D eigenvalue weighted by Crippen LogP contribution is 2.28. The van der Waals surface area contributed by atoms with Crippen LogP contribution >= 0.6 is 0 Å². The third kappa shape index (κ3) is 60.3. The molecule has 0 saturated heterocycles. The number of unbranched alkanes of at least 4 members (excludes halogenated alkanes) is 33. The van der Waals surface area contributed by atoms with Gasteiger partial charge in [-0.2, -0.15) is 0 Å². The van der Waals surface area contributed by atoms with E-state index in [1.54, 1.807) is 12.2 Å². The Morgan fingerprint density at radius 3 is 1.18 bits per heavy atom. The monoisotopic (exact) mass is 1460 g/mol. The summed E-state index contributed by atoms with van der Waals surface area (Å²) in [5.41, 5.74) is 0. The molecule has 16 nitrogen and oxygen atoms in total. The van der Waals surface area contributed by atoms with Gasteiger partial charge in [-0.3, -0.25) is 38.4 Å². The summed E-state index contributed by atoms with van der Waals surface area (Å²) in [6, 6.07) is 0. The predicted octanol–water partition coefficient (Wildman–Crippen LogP) is 23.5. The van der Waals surface area contributed by atoms with Crippen LogP contribution in [0, 0.1) is 41.4 Å². The average molecular weight is 1460 g/mol. The SMILES string of the molecule is CCCCCCCCCCC(CCCCCCCC)COC(=O)C(C)C(/C=C/CCCCCCC(=O)OC(COC(=O)CCCCCCC/C=C\C=C\C(CCCCC)C(CC(=O)O)C(=O)O)COC(=O)CCCCCCC/C=C\C/C=C\C=C\C(CC)C(CC(=O)O)C(=O)O)CCCCCCCC. The number of allylic oxidation sites excluding steroid dienone is 12. The summed E-state index contributed by atoms with van der Waals surface area (Å²) in [7, 11) is 0. The zero-order valence-electron chi connectivity index (χ0n) is 66.4. The number of carboxylic acid groups (broad SMARTS) is 4. The molecule has 4 N–H and O–H groups in total. The van der Waals surface area contributed by atoms with Crippen LogP contribution in [0.2, 0.25) is 0 Å². The summed E-state index contributed by atoms with van der Waals surface area (Å²) in [5, 5.41) is 37.6. The molecule has 0 aliphatic carbocycles. The Morgan fingerprint density at radius 1 is 0.337 bits per heavy atom. The lowest BCUT2D eigenvalue weighted by Gasteiger charge is -2.22. The van der Waals surface area contributed by atoms with E-state index >= 15 is 0 Å². The molecule has 0 radical (unpaired) electrons. The summed E-state index contributed by atoms with van der Waals surface area (Å²) < 4.78 is 23.3. The molecular formula is C88H150O16. The van der Waals surface area contributed by atoms with E-state index in [4.69, 9.17) is 24.1 Å². The van der Waals surface area contributed by atoms with E-state index in [-0.39, 0.29) is 62.1 Å². The molecule has 0 fully saturated rings. The molecule has 598 valence electrons. The maximum absolute atomic E-state index is 13.8. The number of rotatable bonds is 75. The van der Waals surface area contributed by atoms with Gasteiger partial charge in [0.15, 0.2) is 6.10 Å². The number of ether oxygens (including phenoxy) is 4.